The molecule has 0 aliphatic rings. The molecule has 0 aliphatic heterocycles. The summed E-state index contributed by atoms with van der Waals surface area (Å²) in [5, 5.41) is 16.2. The molecular weight excluding hydrogens is 256 g/mol. The summed E-state index contributed by atoms with van der Waals surface area (Å²) in [6.07, 6.45) is 0.231. The second-order valence-electron chi connectivity index (χ2n) is 4.91. The largest absolute Gasteiger partial charge is 0.391 e. The molecule has 0 saturated carbocycles. The molecule has 3 nitrogen and oxygen atoms in total. The minimum absolute atomic E-state index is 0.378. The van der Waals surface area contributed by atoms with Crippen LogP contribution in [0.1, 0.15) is 18.9 Å². The van der Waals surface area contributed by atoms with Crippen molar-refractivity contribution in [3.8, 4) is 11.3 Å². The Labute approximate surface area is 118 Å². The first-order valence-electron chi connectivity index (χ1n) is 6.56. The van der Waals surface area contributed by atoms with E-state index in [1.165, 1.54) is 0 Å². The summed E-state index contributed by atoms with van der Waals surface area (Å²) in [6.45, 7) is 4.76. The number of hydrogen-bond donors (Lipinski definition) is 2. The van der Waals surface area contributed by atoms with E-state index in [9.17, 15) is 5.11 Å². The molecule has 19 heavy (non-hydrogen) atoms. The van der Waals surface area contributed by atoms with E-state index in [1.807, 2.05) is 23.6 Å². The van der Waals surface area contributed by atoms with E-state index >= 15 is 0 Å². The molecule has 0 bridgehead atoms. The Morgan fingerprint density at radius 2 is 2.00 bits per heavy atom. The molecule has 102 valence electrons. The van der Waals surface area contributed by atoms with Crippen LogP contribution in [0.25, 0.3) is 11.3 Å². The number of nitrogens with one attached hydrogen (secondary N) is 1. The van der Waals surface area contributed by atoms with Gasteiger partial charge in [-0.05, 0) is 0 Å². The first-order chi connectivity index (χ1) is 9.15. The Kier molecular flexibility index (Phi) is 5.07. The smallest absolute Gasteiger partial charge is 0.0958 e. The predicted molar refractivity (Wildman–Crippen MR) is 80.4 cm³/mol. The zero-order chi connectivity index (χ0) is 13.7. The fourth-order valence-electron chi connectivity index (χ4n) is 1.79. The lowest BCUT2D eigenvalue weighted by molar-refractivity contribution is 0.169. The van der Waals surface area contributed by atoms with Crippen molar-refractivity contribution < 1.29 is 5.11 Å². The number of nitrogens with zero attached hydrogens (tertiary/aromatic N) is 1. The summed E-state index contributed by atoms with van der Waals surface area (Å²) in [4.78, 5) is 4.58. The highest BCUT2D eigenvalue weighted by Gasteiger charge is 2.10. The second-order valence-corrected chi connectivity index (χ2v) is 5.86. The summed E-state index contributed by atoms with van der Waals surface area (Å²) < 4.78 is 0. The molecule has 4 heteroatoms. The van der Waals surface area contributed by atoms with E-state index in [0.717, 1.165) is 16.3 Å². The number of hydrogen-bond acceptors (Lipinski definition) is 4. The molecule has 0 fully saturated rings. The van der Waals surface area contributed by atoms with E-state index < -0.39 is 0 Å². The number of rotatable bonds is 6. The Hall–Kier alpha value is -1.23. The molecule has 1 unspecified atom stereocenters. The van der Waals surface area contributed by atoms with Crippen LogP contribution in [0, 0.1) is 0 Å². The van der Waals surface area contributed by atoms with Crippen LogP contribution >= 0.6 is 11.3 Å². The lowest BCUT2D eigenvalue weighted by Gasteiger charge is -2.12. The first kappa shape index (κ1) is 14.2. The van der Waals surface area contributed by atoms with Crippen molar-refractivity contribution in [2.45, 2.75) is 32.4 Å². The van der Waals surface area contributed by atoms with Crippen LogP contribution in [-0.4, -0.2) is 28.8 Å². The van der Waals surface area contributed by atoms with Crippen LogP contribution in [-0.2, 0) is 6.42 Å². The van der Waals surface area contributed by atoms with E-state index in [4.69, 9.17) is 0 Å². The van der Waals surface area contributed by atoms with Crippen molar-refractivity contribution in [1.82, 2.24) is 10.3 Å². The van der Waals surface area contributed by atoms with Crippen LogP contribution in [0.5, 0.6) is 0 Å². The predicted octanol–water partition coefficient (Wildman–Crippen LogP) is 2.71. The molecule has 0 spiro atoms. The Balaban J connectivity index is 1.94. The maximum atomic E-state index is 9.94. The van der Waals surface area contributed by atoms with Crippen molar-refractivity contribution >= 4 is 11.3 Å². The molecule has 1 atom stereocenters. The highest BCUT2D eigenvalue weighted by Crippen LogP contribution is 2.22. The van der Waals surface area contributed by atoms with Crippen LogP contribution < -0.4 is 5.32 Å². The minimum atomic E-state index is -0.378. The zero-order valence-electron chi connectivity index (χ0n) is 11.3. The van der Waals surface area contributed by atoms with Gasteiger partial charge in [0.15, 0.2) is 0 Å². The van der Waals surface area contributed by atoms with Gasteiger partial charge in [-0.2, -0.15) is 0 Å². The third kappa shape index (κ3) is 4.42. The topological polar surface area (TPSA) is 45.1 Å². The number of aliphatic hydroxyl groups is 1. The maximum absolute atomic E-state index is 9.94. The highest BCUT2D eigenvalue weighted by molar-refractivity contribution is 7.09. The molecule has 2 rings (SSSR count). The summed E-state index contributed by atoms with van der Waals surface area (Å²) in [5.41, 5.74) is 2.12. The summed E-state index contributed by atoms with van der Waals surface area (Å²) in [6, 6.07) is 10.5. The van der Waals surface area contributed by atoms with Crippen molar-refractivity contribution in [3.63, 3.8) is 0 Å². The quantitative estimate of drug-likeness (QED) is 0.852. The third-order valence-corrected chi connectivity index (χ3v) is 3.66. The molecule has 0 amide bonds. The SMILES string of the molecule is CC(C)NCC(O)Cc1nc(-c2ccccc2)cs1. The van der Waals surface area contributed by atoms with Crippen LogP contribution in [0.4, 0.5) is 0 Å². The molecule has 1 heterocycles. The van der Waals surface area contributed by atoms with Crippen LogP contribution in [0.2, 0.25) is 0 Å². The monoisotopic (exact) mass is 276 g/mol. The van der Waals surface area contributed by atoms with Gasteiger partial charge in [0.1, 0.15) is 0 Å². The van der Waals surface area contributed by atoms with Gasteiger partial charge in [0, 0.05) is 30.0 Å². The van der Waals surface area contributed by atoms with E-state index in [1.54, 1.807) is 11.3 Å². The van der Waals surface area contributed by atoms with Gasteiger partial charge in [-0.3, -0.25) is 0 Å². The highest BCUT2D eigenvalue weighted by atomic mass is 32.1. The molecular formula is C15H20N2OS. The lowest BCUT2D eigenvalue weighted by Crippen LogP contribution is -2.32. The Morgan fingerprint density at radius 3 is 2.68 bits per heavy atom. The second kappa shape index (κ2) is 6.80. The van der Waals surface area contributed by atoms with Crippen molar-refractivity contribution in [1.29, 1.82) is 0 Å². The number of aliphatic hydroxyl groups excluding tert-OH is 1. The van der Waals surface area contributed by atoms with E-state index in [2.05, 4.69) is 36.3 Å². The number of benzene rings is 1. The molecule has 0 aliphatic carbocycles. The van der Waals surface area contributed by atoms with Gasteiger partial charge in [0.2, 0.25) is 0 Å². The maximum Gasteiger partial charge on any atom is 0.0958 e. The van der Waals surface area contributed by atoms with Crippen LogP contribution in [0.3, 0.4) is 0 Å². The van der Waals surface area contributed by atoms with E-state index in [-0.39, 0.29) is 6.10 Å². The van der Waals surface area contributed by atoms with Gasteiger partial charge in [0.25, 0.3) is 0 Å². The summed E-state index contributed by atoms with van der Waals surface area (Å²) in [5.74, 6) is 0. The average molecular weight is 276 g/mol. The van der Waals surface area contributed by atoms with Gasteiger partial charge < -0.3 is 10.4 Å². The average Bonchev–Trinajstić information content (AvgIpc) is 2.86. The summed E-state index contributed by atoms with van der Waals surface area (Å²) in [7, 11) is 0. The zero-order valence-corrected chi connectivity index (χ0v) is 12.2. The normalized spacial score (nSPS) is 12.8. The molecule has 0 saturated heterocycles. The Morgan fingerprint density at radius 1 is 1.26 bits per heavy atom. The van der Waals surface area contributed by atoms with Gasteiger partial charge in [-0.15, -0.1) is 11.3 Å². The molecule has 1 aromatic heterocycles. The Bertz CT molecular complexity index is 496. The van der Waals surface area contributed by atoms with Gasteiger partial charge in [-0.1, -0.05) is 44.2 Å². The standard InChI is InChI=1S/C15H20N2OS/c1-11(2)16-9-13(18)8-15-17-14(10-19-15)12-6-4-3-5-7-12/h3-7,10-11,13,16,18H,8-9H2,1-2H3. The molecule has 2 N–H and O–H groups in total. The molecule has 1 aromatic carbocycles. The summed E-state index contributed by atoms with van der Waals surface area (Å²) >= 11 is 1.61. The fraction of sp³-hybridized carbons (Fsp3) is 0.400. The van der Waals surface area contributed by atoms with Crippen LogP contribution in [0.15, 0.2) is 35.7 Å². The van der Waals surface area contributed by atoms with Crippen molar-refractivity contribution in [2.75, 3.05) is 6.54 Å². The molecule has 0 radical (unpaired) electrons. The first-order valence-corrected chi connectivity index (χ1v) is 7.44. The third-order valence-electron chi connectivity index (χ3n) is 2.79. The fourth-order valence-corrected chi connectivity index (χ4v) is 2.67. The number of aromatic nitrogens is 1. The van der Waals surface area contributed by atoms with Crippen molar-refractivity contribution in [3.05, 3.63) is 40.7 Å². The molecule has 2 aromatic rings. The van der Waals surface area contributed by atoms with Gasteiger partial charge in [0.05, 0.1) is 16.8 Å². The number of thiazole rings is 1. The van der Waals surface area contributed by atoms with Gasteiger partial charge in [-0.25, -0.2) is 4.98 Å². The minimum Gasteiger partial charge on any atom is -0.391 e. The van der Waals surface area contributed by atoms with Gasteiger partial charge >= 0.3 is 0 Å². The van der Waals surface area contributed by atoms with Crippen molar-refractivity contribution in [2.24, 2.45) is 0 Å². The lowest BCUT2D eigenvalue weighted by atomic mass is 10.2. The van der Waals surface area contributed by atoms with E-state index in [0.29, 0.717) is 19.0 Å².